The van der Waals surface area contributed by atoms with E-state index < -0.39 is 21.8 Å². The van der Waals surface area contributed by atoms with Crippen LogP contribution in [0.2, 0.25) is 5.02 Å². The summed E-state index contributed by atoms with van der Waals surface area (Å²) in [5, 5.41) is 3.84. The van der Waals surface area contributed by atoms with Gasteiger partial charge in [0.05, 0.1) is 10.4 Å². The Morgan fingerprint density at radius 3 is 2.32 bits per heavy atom. The molecule has 2 N–H and O–H groups in total. The maximum atomic E-state index is 13.6. The molecule has 0 bridgehead atoms. The Balaban J connectivity index is 1.93. The molecule has 0 aliphatic carbocycles. The fraction of sp³-hybridized carbons (Fsp3) is 0.333. The lowest BCUT2D eigenvalue weighted by molar-refractivity contribution is -0.274. The van der Waals surface area contributed by atoms with E-state index in [2.05, 4.69) is 19.1 Å². The number of alkyl halides is 3. The summed E-state index contributed by atoms with van der Waals surface area (Å²) in [6.07, 6.45) is -4.12. The number of hydrogen-bond donors (Lipinski definition) is 2. The van der Waals surface area contributed by atoms with Crippen molar-refractivity contribution in [1.29, 1.82) is 0 Å². The van der Waals surface area contributed by atoms with Crippen LogP contribution in [0.1, 0.15) is 12.0 Å². The van der Waals surface area contributed by atoms with Crippen LogP contribution in [0, 0.1) is 0 Å². The number of hydrogen-bond acceptors (Lipinski definition) is 4. The number of halogens is 4. The zero-order valence-electron chi connectivity index (χ0n) is 14.9. The predicted molar refractivity (Wildman–Crippen MR) is 102 cm³/mol. The van der Waals surface area contributed by atoms with Gasteiger partial charge in [0.1, 0.15) is 15.7 Å². The molecule has 1 unspecified atom stereocenters. The summed E-state index contributed by atoms with van der Waals surface area (Å²) in [7, 11) is -1.69. The fourth-order valence-corrected chi connectivity index (χ4v) is 5.03. The summed E-state index contributed by atoms with van der Waals surface area (Å²) in [5.41, 5.74) is 0.248. The minimum absolute atomic E-state index is 0.268. The molecule has 28 heavy (non-hydrogen) atoms. The Bertz CT molecular complexity index is 934. The second kappa shape index (κ2) is 7.90. The maximum Gasteiger partial charge on any atom is 0.573 e. The molecule has 1 saturated heterocycles. The zero-order valence-corrected chi connectivity index (χ0v) is 16.5. The molecule has 0 spiro atoms. The van der Waals surface area contributed by atoms with Gasteiger partial charge in [-0.15, -0.1) is 13.2 Å². The topological polar surface area (TPSA) is 62.7 Å². The molecular weight excluding hydrogens is 415 g/mol. The highest BCUT2D eigenvalue weighted by molar-refractivity contribution is 7.91. The van der Waals surface area contributed by atoms with Gasteiger partial charge in [-0.1, -0.05) is 23.7 Å². The Morgan fingerprint density at radius 2 is 1.82 bits per heavy atom. The maximum absolute atomic E-state index is 13.6. The van der Waals surface area contributed by atoms with Crippen LogP contribution in [0.25, 0.3) is 0 Å². The Labute approximate surface area is 166 Å². The molecule has 2 aromatic rings. The second-order valence-electron chi connectivity index (χ2n) is 6.35. The third-order valence-corrected chi connectivity index (χ3v) is 6.86. The van der Waals surface area contributed by atoms with Crippen LogP contribution in [-0.2, 0) is 15.5 Å². The lowest BCUT2D eigenvalue weighted by atomic mass is 9.90. The van der Waals surface area contributed by atoms with E-state index in [9.17, 15) is 17.4 Å². The highest BCUT2D eigenvalue weighted by atomic mass is 35.5. The summed E-state index contributed by atoms with van der Waals surface area (Å²) in [6.45, 7) is 1.24. The highest BCUT2D eigenvalue weighted by Gasteiger charge is 2.39. The van der Waals surface area contributed by atoms with Gasteiger partial charge in [-0.05, 0) is 54.9 Å². The molecule has 0 radical (unpaired) electrons. The van der Waals surface area contributed by atoms with Gasteiger partial charge in [0.25, 0.3) is 0 Å². The highest BCUT2D eigenvalue weighted by Crippen LogP contribution is 2.32. The molecule has 1 fully saturated rings. The smallest absolute Gasteiger partial charge is 0.406 e. The molecule has 5 nitrogen and oxygen atoms in total. The standard InChI is InChI=1S/C18H19ClF3N3O2S/c1-23-28(26,16-8-6-15(7-9-16)27-18(20,21)22)25-17(10-11-24-12-17)13-2-4-14(19)5-3-13/h2-9,24H,10-12H2,1H3,(H,23,25,26)/t17-,28?/m1/s1. The Hall–Kier alpha value is -1.81. The molecule has 3 rings (SSSR count). The predicted octanol–water partition coefficient (Wildman–Crippen LogP) is 4.09. The van der Waals surface area contributed by atoms with Crippen molar-refractivity contribution in [2.45, 2.75) is 23.2 Å². The van der Waals surface area contributed by atoms with Crippen molar-refractivity contribution < 1.29 is 22.1 Å². The van der Waals surface area contributed by atoms with Crippen molar-refractivity contribution in [3.63, 3.8) is 0 Å². The molecule has 0 aromatic heterocycles. The molecule has 1 aliphatic heterocycles. The molecule has 1 aliphatic rings. The van der Waals surface area contributed by atoms with E-state index in [1.165, 1.54) is 19.2 Å². The molecule has 2 aromatic carbocycles. The van der Waals surface area contributed by atoms with Crippen LogP contribution in [-0.4, -0.2) is 30.7 Å². The molecule has 2 atom stereocenters. The van der Waals surface area contributed by atoms with Crippen molar-refractivity contribution in [2.75, 3.05) is 20.1 Å². The van der Waals surface area contributed by atoms with E-state index in [1.54, 1.807) is 12.1 Å². The molecule has 10 heteroatoms. The third kappa shape index (κ3) is 4.60. The quantitative estimate of drug-likeness (QED) is 0.746. The minimum Gasteiger partial charge on any atom is -0.406 e. The zero-order chi connectivity index (χ0) is 20.4. The fourth-order valence-electron chi connectivity index (χ4n) is 3.15. The monoisotopic (exact) mass is 433 g/mol. The first-order valence-electron chi connectivity index (χ1n) is 8.43. The van der Waals surface area contributed by atoms with Gasteiger partial charge >= 0.3 is 6.36 Å². The van der Waals surface area contributed by atoms with Crippen LogP contribution in [0.4, 0.5) is 13.2 Å². The largest absolute Gasteiger partial charge is 0.573 e. The second-order valence-corrected chi connectivity index (χ2v) is 8.87. The SMILES string of the molecule is CN=S(=O)(N[C@]1(c2ccc(Cl)cc2)CCNC1)c1ccc(OC(F)(F)F)cc1. The molecule has 152 valence electrons. The Morgan fingerprint density at radius 1 is 1.18 bits per heavy atom. The van der Waals surface area contributed by atoms with E-state index in [1.807, 2.05) is 12.1 Å². The number of rotatable bonds is 5. The average Bonchev–Trinajstić information content (AvgIpc) is 3.10. The first-order valence-corrected chi connectivity index (χ1v) is 10.3. The molecule has 0 saturated carbocycles. The average molecular weight is 434 g/mol. The lowest BCUT2D eigenvalue weighted by Gasteiger charge is -2.32. The molecular formula is C18H19ClF3N3O2S. The summed E-state index contributed by atoms with van der Waals surface area (Å²) >= 11 is 5.98. The van der Waals surface area contributed by atoms with Gasteiger partial charge in [-0.3, -0.25) is 0 Å². The third-order valence-electron chi connectivity index (χ3n) is 4.52. The minimum atomic E-state index is -4.79. The van der Waals surface area contributed by atoms with Gasteiger partial charge in [0.15, 0.2) is 0 Å². The van der Waals surface area contributed by atoms with Crippen molar-refractivity contribution in [3.8, 4) is 5.75 Å². The van der Waals surface area contributed by atoms with Crippen molar-refractivity contribution in [1.82, 2.24) is 10.0 Å². The van der Waals surface area contributed by atoms with E-state index in [-0.39, 0.29) is 10.6 Å². The number of ether oxygens (including phenoxy) is 1. The van der Waals surface area contributed by atoms with Crippen LogP contribution in [0.5, 0.6) is 5.75 Å². The summed E-state index contributed by atoms with van der Waals surface area (Å²) < 4.78 is 61.7. The molecule has 1 heterocycles. The Kier molecular flexibility index (Phi) is 5.90. The summed E-state index contributed by atoms with van der Waals surface area (Å²) in [4.78, 5) is 0.268. The van der Waals surface area contributed by atoms with E-state index >= 15 is 0 Å². The van der Waals surface area contributed by atoms with Crippen LogP contribution in [0.15, 0.2) is 57.8 Å². The van der Waals surface area contributed by atoms with Crippen molar-refractivity contribution >= 4 is 21.5 Å². The summed E-state index contributed by atoms with van der Waals surface area (Å²) in [5.74, 6) is -0.385. The van der Waals surface area contributed by atoms with E-state index in [0.717, 1.165) is 17.7 Å². The van der Waals surface area contributed by atoms with Gasteiger partial charge in [0, 0.05) is 18.6 Å². The number of nitrogens with one attached hydrogen (secondary N) is 2. The van der Waals surface area contributed by atoms with Crippen LogP contribution < -0.4 is 14.8 Å². The van der Waals surface area contributed by atoms with Gasteiger partial charge in [-0.25, -0.2) is 13.3 Å². The number of nitrogens with zero attached hydrogens (tertiary/aromatic N) is 1. The van der Waals surface area contributed by atoms with E-state index in [4.69, 9.17) is 11.6 Å². The van der Waals surface area contributed by atoms with Gasteiger partial charge in [-0.2, -0.15) is 0 Å². The first kappa shape index (κ1) is 20.9. The number of benzene rings is 2. The van der Waals surface area contributed by atoms with Gasteiger partial charge in [0.2, 0.25) is 0 Å². The molecule has 0 amide bonds. The van der Waals surface area contributed by atoms with E-state index in [0.29, 0.717) is 24.5 Å². The van der Waals surface area contributed by atoms with Crippen molar-refractivity contribution in [3.05, 3.63) is 59.1 Å². The normalized spacial score (nSPS) is 21.9. The van der Waals surface area contributed by atoms with Crippen LogP contribution in [0.3, 0.4) is 0 Å². The first-order chi connectivity index (χ1) is 13.2. The lowest BCUT2D eigenvalue weighted by Crippen LogP contribution is -2.47. The van der Waals surface area contributed by atoms with Crippen LogP contribution >= 0.6 is 11.6 Å². The van der Waals surface area contributed by atoms with Gasteiger partial charge < -0.3 is 10.1 Å². The summed E-state index contributed by atoms with van der Waals surface area (Å²) in [6, 6.07) is 12.1. The van der Waals surface area contributed by atoms with Crippen molar-refractivity contribution in [2.24, 2.45) is 4.36 Å².